The summed E-state index contributed by atoms with van der Waals surface area (Å²) < 4.78 is 5.43. The minimum absolute atomic E-state index is 0.0443. The predicted molar refractivity (Wildman–Crippen MR) is 80.6 cm³/mol. The highest BCUT2D eigenvalue weighted by molar-refractivity contribution is 5.29. The predicted octanol–water partition coefficient (Wildman–Crippen LogP) is 1.58. The molecule has 1 rings (SSSR count). The fourth-order valence-electron chi connectivity index (χ4n) is 1.88. The minimum atomic E-state index is 0.0443. The summed E-state index contributed by atoms with van der Waals surface area (Å²) in [5.74, 6) is 0.902. The van der Waals surface area contributed by atoms with Crippen LogP contribution in [0.25, 0.3) is 0 Å². The lowest BCUT2D eigenvalue weighted by atomic mass is 10.1. The Morgan fingerprint density at radius 3 is 2.26 bits per heavy atom. The SMILES string of the molecule is CCOc1ccc(C(N)CN(C)CCN(C)C)cc1. The van der Waals surface area contributed by atoms with Gasteiger partial charge in [-0.05, 0) is 45.8 Å². The number of benzene rings is 1. The fourth-order valence-corrected chi connectivity index (χ4v) is 1.88. The minimum Gasteiger partial charge on any atom is -0.494 e. The molecule has 0 saturated carbocycles. The molecular formula is C15H27N3O. The first-order valence-electron chi connectivity index (χ1n) is 6.84. The summed E-state index contributed by atoms with van der Waals surface area (Å²) in [6.45, 7) is 5.62. The maximum absolute atomic E-state index is 6.23. The summed E-state index contributed by atoms with van der Waals surface area (Å²) in [5.41, 5.74) is 7.38. The van der Waals surface area contributed by atoms with Crippen molar-refractivity contribution in [3.63, 3.8) is 0 Å². The van der Waals surface area contributed by atoms with Crippen LogP contribution < -0.4 is 10.5 Å². The molecule has 0 aromatic heterocycles. The first-order chi connectivity index (χ1) is 9.02. The monoisotopic (exact) mass is 265 g/mol. The van der Waals surface area contributed by atoms with Crippen molar-refractivity contribution in [3.8, 4) is 5.75 Å². The lowest BCUT2D eigenvalue weighted by Crippen LogP contribution is -2.34. The number of hydrogen-bond donors (Lipinski definition) is 1. The Bertz CT molecular complexity index is 351. The average Bonchev–Trinajstić information content (AvgIpc) is 2.37. The van der Waals surface area contributed by atoms with Crippen LogP contribution in [0.3, 0.4) is 0 Å². The number of hydrogen-bond acceptors (Lipinski definition) is 4. The van der Waals surface area contributed by atoms with Crippen LogP contribution in [0.1, 0.15) is 18.5 Å². The van der Waals surface area contributed by atoms with E-state index < -0.39 is 0 Å². The van der Waals surface area contributed by atoms with Crippen LogP contribution >= 0.6 is 0 Å². The van der Waals surface area contributed by atoms with Crippen molar-refractivity contribution in [1.29, 1.82) is 0 Å². The molecule has 0 fully saturated rings. The van der Waals surface area contributed by atoms with Crippen LogP contribution in [0.15, 0.2) is 24.3 Å². The number of likely N-dealkylation sites (N-methyl/N-ethyl adjacent to an activating group) is 2. The molecular weight excluding hydrogens is 238 g/mol. The lowest BCUT2D eigenvalue weighted by Gasteiger charge is -2.23. The maximum atomic E-state index is 6.23. The zero-order chi connectivity index (χ0) is 14.3. The van der Waals surface area contributed by atoms with Gasteiger partial charge in [-0.25, -0.2) is 0 Å². The lowest BCUT2D eigenvalue weighted by molar-refractivity contribution is 0.269. The zero-order valence-corrected chi connectivity index (χ0v) is 12.6. The van der Waals surface area contributed by atoms with E-state index in [2.05, 4.69) is 43.1 Å². The molecule has 0 heterocycles. The summed E-state index contributed by atoms with van der Waals surface area (Å²) >= 11 is 0. The van der Waals surface area contributed by atoms with E-state index >= 15 is 0 Å². The van der Waals surface area contributed by atoms with Gasteiger partial charge >= 0.3 is 0 Å². The van der Waals surface area contributed by atoms with Crippen molar-refractivity contribution in [3.05, 3.63) is 29.8 Å². The molecule has 0 aliphatic carbocycles. The van der Waals surface area contributed by atoms with Gasteiger partial charge in [0.2, 0.25) is 0 Å². The highest BCUT2D eigenvalue weighted by Gasteiger charge is 2.09. The van der Waals surface area contributed by atoms with Crippen LogP contribution in [-0.2, 0) is 0 Å². The van der Waals surface area contributed by atoms with E-state index in [0.29, 0.717) is 6.61 Å². The van der Waals surface area contributed by atoms with Gasteiger partial charge in [0.1, 0.15) is 5.75 Å². The molecule has 1 aromatic rings. The van der Waals surface area contributed by atoms with Crippen molar-refractivity contribution < 1.29 is 4.74 Å². The second-order valence-corrected chi connectivity index (χ2v) is 5.17. The quantitative estimate of drug-likeness (QED) is 0.775. The molecule has 0 aliphatic heterocycles. The standard InChI is InChI=1S/C15H27N3O/c1-5-19-14-8-6-13(7-9-14)15(16)12-18(4)11-10-17(2)3/h6-9,15H,5,10-12,16H2,1-4H3. The second-order valence-electron chi connectivity index (χ2n) is 5.17. The van der Waals surface area contributed by atoms with E-state index in [4.69, 9.17) is 10.5 Å². The van der Waals surface area contributed by atoms with Crippen molar-refractivity contribution in [1.82, 2.24) is 9.80 Å². The van der Waals surface area contributed by atoms with Gasteiger partial charge in [-0.2, -0.15) is 0 Å². The van der Waals surface area contributed by atoms with Crippen LogP contribution in [0.2, 0.25) is 0 Å². The second kappa shape index (κ2) is 8.15. The molecule has 19 heavy (non-hydrogen) atoms. The summed E-state index contributed by atoms with van der Waals surface area (Å²) in [5, 5.41) is 0. The number of rotatable bonds is 8. The van der Waals surface area contributed by atoms with Crippen LogP contribution in [-0.4, -0.2) is 57.2 Å². The molecule has 4 nitrogen and oxygen atoms in total. The molecule has 108 valence electrons. The number of nitrogens with zero attached hydrogens (tertiary/aromatic N) is 2. The molecule has 0 bridgehead atoms. The fraction of sp³-hybridized carbons (Fsp3) is 0.600. The van der Waals surface area contributed by atoms with Crippen LogP contribution in [0.5, 0.6) is 5.75 Å². The van der Waals surface area contributed by atoms with Gasteiger partial charge in [0.05, 0.1) is 6.61 Å². The largest absolute Gasteiger partial charge is 0.494 e. The Morgan fingerprint density at radius 1 is 1.11 bits per heavy atom. The highest BCUT2D eigenvalue weighted by atomic mass is 16.5. The first kappa shape index (κ1) is 16.0. The van der Waals surface area contributed by atoms with E-state index in [-0.39, 0.29) is 6.04 Å². The van der Waals surface area contributed by atoms with Gasteiger partial charge in [0, 0.05) is 25.7 Å². The summed E-state index contributed by atoms with van der Waals surface area (Å²) in [4.78, 5) is 4.44. The van der Waals surface area contributed by atoms with Gasteiger partial charge in [-0.15, -0.1) is 0 Å². The molecule has 4 heteroatoms. The Morgan fingerprint density at radius 2 is 1.74 bits per heavy atom. The third-order valence-electron chi connectivity index (χ3n) is 3.06. The van der Waals surface area contributed by atoms with Gasteiger partial charge in [-0.3, -0.25) is 0 Å². The molecule has 0 saturated heterocycles. The van der Waals surface area contributed by atoms with E-state index in [1.165, 1.54) is 0 Å². The highest BCUT2D eigenvalue weighted by Crippen LogP contribution is 2.17. The smallest absolute Gasteiger partial charge is 0.119 e. The Hall–Kier alpha value is -1.10. The molecule has 0 amide bonds. The van der Waals surface area contributed by atoms with E-state index in [9.17, 15) is 0 Å². The average molecular weight is 265 g/mol. The Balaban J connectivity index is 2.45. The molecule has 1 unspecified atom stereocenters. The van der Waals surface area contributed by atoms with Gasteiger partial charge in [0.25, 0.3) is 0 Å². The normalized spacial score (nSPS) is 13.0. The molecule has 2 N–H and O–H groups in total. The molecule has 1 aromatic carbocycles. The van der Waals surface area contributed by atoms with Crippen molar-refractivity contribution in [2.24, 2.45) is 5.73 Å². The van der Waals surface area contributed by atoms with Crippen molar-refractivity contribution in [2.75, 3.05) is 47.4 Å². The topological polar surface area (TPSA) is 41.7 Å². The molecule has 1 atom stereocenters. The molecule has 0 spiro atoms. The summed E-state index contributed by atoms with van der Waals surface area (Å²) in [7, 11) is 6.28. The van der Waals surface area contributed by atoms with Gasteiger partial charge < -0.3 is 20.3 Å². The van der Waals surface area contributed by atoms with Crippen molar-refractivity contribution in [2.45, 2.75) is 13.0 Å². The molecule has 0 aliphatic rings. The van der Waals surface area contributed by atoms with E-state index in [1.54, 1.807) is 0 Å². The molecule has 0 radical (unpaired) electrons. The third kappa shape index (κ3) is 6.05. The van der Waals surface area contributed by atoms with Crippen molar-refractivity contribution >= 4 is 0 Å². The number of ether oxygens (including phenoxy) is 1. The zero-order valence-electron chi connectivity index (χ0n) is 12.6. The van der Waals surface area contributed by atoms with Gasteiger partial charge in [0.15, 0.2) is 0 Å². The van der Waals surface area contributed by atoms with E-state index in [0.717, 1.165) is 30.9 Å². The third-order valence-corrected chi connectivity index (χ3v) is 3.06. The van der Waals surface area contributed by atoms with Crippen LogP contribution in [0, 0.1) is 0 Å². The summed E-state index contributed by atoms with van der Waals surface area (Å²) in [6, 6.07) is 8.12. The van der Waals surface area contributed by atoms with Gasteiger partial charge in [-0.1, -0.05) is 12.1 Å². The first-order valence-corrected chi connectivity index (χ1v) is 6.84. The van der Waals surface area contributed by atoms with Crippen LogP contribution in [0.4, 0.5) is 0 Å². The number of nitrogens with two attached hydrogens (primary N) is 1. The van der Waals surface area contributed by atoms with E-state index in [1.807, 2.05) is 19.1 Å². The maximum Gasteiger partial charge on any atom is 0.119 e. The Labute approximate surface area is 117 Å². The summed E-state index contributed by atoms with van der Waals surface area (Å²) in [6.07, 6.45) is 0. The Kier molecular flexibility index (Phi) is 6.84.